The Kier molecular flexibility index (Phi) is 6.44. The van der Waals surface area contributed by atoms with Crippen LogP contribution in [-0.2, 0) is 0 Å². The van der Waals surface area contributed by atoms with E-state index >= 15 is 0 Å². The van der Waals surface area contributed by atoms with Crippen LogP contribution in [0.4, 0.5) is 0 Å². The zero-order valence-corrected chi connectivity index (χ0v) is 11.7. The first kappa shape index (κ1) is 14.4. The van der Waals surface area contributed by atoms with Crippen molar-refractivity contribution in [2.75, 3.05) is 11.5 Å². The number of thioether (sulfide) groups is 2. The maximum atomic E-state index is 11.3. The van der Waals surface area contributed by atoms with Gasteiger partial charge in [-0.05, 0) is 11.5 Å². The summed E-state index contributed by atoms with van der Waals surface area (Å²) < 4.78 is -0.0117. The predicted molar refractivity (Wildman–Crippen MR) is 76.2 cm³/mol. The smallest absolute Gasteiger partial charge is 0.258 e. The van der Waals surface area contributed by atoms with Crippen LogP contribution in [0.3, 0.4) is 0 Å². The Labute approximate surface area is 111 Å². The molecule has 1 unspecified atom stereocenters. The summed E-state index contributed by atoms with van der Waals surface area (Å²) in [4.78, 5) is 11.1. The number of nitro groups is 1. The van der Waals surface area contributed by atoms with E-state index < -0.39 is 6.04 Å². The lowest BCUT2D eigenvalue weighted by molar-refractivity contribution is -0.524. The van der Waals surface area contributed by atoms with E-state index in [0.717, 1.165) is 17.1 Å². The highest BCUT2D eigenvalue weighted by Gasteiger charge is 2.33. The van der Waals surface area contributed by atoms with E-state index in [9.17, 15) is 10.1 Å². The van der Waals surface area contributed by atoms with Crippen LogP contribution in [-0.4, -0.2) is 21.0 Å². The molecule has 0 spiro atoms. The zero-order chi connectivity index (χ0) is 12.7. The normalized spacial score (nSPS) is 12.6. The summed E-state index contributed by atoms with van der Waals surface area (Å²) in [6, 6.07) is 8.66. The third-order valence-electron chi connectivity index (χ3n) is 2.29. The standard InChI is InChI=1S/C12H17NO2S2/c1-3-16-12(17-4-2)11(13(14)15)10-8-6-5-7-9-10/h5-9,11-12H,3-4H2,1-2H3. The molecule has 0 amide bonds. The second-order valence-corrected chi connectivity index (χ2v) is 6.56. The largest absolute Gasteiger partial charge is 0.264 e. The van der Waals surface area contributed by atoms with Crippen LogP contribution in [0.5, 0.6) is 0 Å². The molecular formula is C12H17NO2S2. The monoisotopic (exact) mass is 271 g/mol. The lowest BCUT2D eigenvalue weighted by Crippen LogP contribution is -2.21. The summed E-state index contributed by atoms with van der Waals surface area (Å²) >= 11 is 3.31. The van der Waals surface area contributed by atoms with Crippen LogP contribution in [0.25, 0.3) is 0 Å². The molecule has 17 heavy (non-hydrogen) atoms. The molecule has 94 valence electrons. The molecular weight excluding hydrogens is 254 g/mol. The molecule has 1 rings (SSSR count). The second kappa shape index (κ2) is 7.61. The first-order valence-electron chi connectivity index (χ1n) is 5.62. The quantitative estimate of drug-likeness (QED) is 0.429. The number of hydrogen-bond acceptors (Lipinski definition) is 4. The Balaban J connectivity index is 2.94. The van der Waals surface area contributed by atoms with Crippen molar-refractivity contribution in [1.29, 1.82) is 0 Å². The molecule has 0 heterocycles. The molecule has 0 radical (unpaired) electrons. The first-order valence-corrected chi connectivity index (χ1v) is 7.72. The summed E-state index contributed by atoms with van der Waals surface area (Å²) in [6.07, 6.45) is 0. The summed E-state index contributed by atoms with van der Waals surface area (Å²) in [5.41, 5.74) is 0.796. The van der Waals surface area contributed by atoms with Crippen LogP contribution >= 0.6 is 23.5 Å². The highest BCUT2D eigenvalue weighted by Crippen LogP contribution is 2.36. The first-order chi connectivity index (χ1) is 8.20. The maximum absolute atomic E-state index is 11.3. The highest BCUT2D eigenvalue weighted by molar-refractivity contribution is 8.17. The highest BCUT2D eigenvalue weighted by atomic mass is 32.2. The molecule has 0 aliphatic heterocycles. The van der Waals surface area contributed by atoms with Gasteiger partial charge in [0.1, 0.15) is 4.58 Å². The molecule has 0 aliphatic rings. The fourth-order valence-electron chi connectivity index (χ4n) is 1.59. The third-order valence-corrected chi connectivity index (χ3v) is 4.94. The van der Waals surface area contributed by atoms with Gasteiger partial charge < -0.3 is 0 Å². The molecule has 0 N–H and O–H groups in total. The molecule has 0 saturated carbocycles. The fourth-order valence-corrected chi connectivity index (χ4v) is 4.32. The van der Waals surface area contributed by atoms with Crippen LogP contribution < -0.4 is 0 Å². The Hall–Kier alpha value is -0.680. The lowest BCUT2D eigenvalue weighted by atomic mass is 10.1. The molecule has 0 fully saturated rings. The number of rotatable bonds is 7. The van der Waals surface area contributed by atoms with Crippen molar-refractivity contribution in [1.82, 2.24) is 0 Å². The molecule has 1 atom stereocenters. The van der Waals surface area contributed by atoms with Crippen molar-refractivity contribution in [2.45, 2.75) is 24.5 Å². The molecule has 5 heteroatoms. The van der Waals surface area contributed by atoms with E-state index in [4.69, 9.17) is 0 Å². The maximum Gasteiger partial charge on any atom is 0.258 e. The SMILES string of the molecule is CCSC(SCC)C(c1ccccc1)[N+](=O)[O-]. The van der Waals surface area contributed by atoms with Crippen molar-refractivity contribution in [3.8, 4) is 0 Å². The average Bonchev–Trinajstić information content (AvgIpc) is 2.31. The van der Waals surface area contributed by atoms with E-state index in [1.165, 1.54) is 0 Å². The Morgan fingerprint density at radius 2 is 1.71 bits per heavy atom. The minimum absolute atomic E-state index is 0.0117. The predicted octanol–water partition coefficient (Wildman–Crippen LogP) is 3.84. The van der Waals surface area contributed by atoms with Crippen molar-refractivity contribution in [3.63, 3.8) is 0 Å². The van der Waals surface area contributed by atoms with Gasteiger partial charge in [0.25, 0.3) is 6.04 Å². The molecule has 0 bridgehead atoms. The van der Waals surface area contributed by atoms with Crippen LogP contribution in [0, 0.1) is 10.1 Å². The van der Waals surface area contributed by atoms with Gasteiger partial charge in [-0.15, -0.1) is 23.5 Å². The zero-order valence-electron chi connectivity index (χ0n) is 10.0. The van der Waals surface area contributed by atoms with Crippen molar-refractivity contribution >= 4 is 23.5 Å². The van der Waals surface area contributed by atoms with Gasteiger partial charge in [-0.2, -0.15) is 0 Å². The van der Waals surface area contributed by atoms with Crippen molar-refractivity contribution in [3.05, 3.63) is 46.0 Å². The van der Waals surface area contributed by atoms with Crippen LogP contribution in [0.2, 0.25) is 0 Å². The summed E-state index contributed by atoms with van der Waals surface area (Å²) in [6.45, 7) is 4.08. The lowest BCUT2D eigenvalue weighted by Gasteiger charge is -2.19. The van der Waals surface area contributed by atoms with E-state index in [1.54, 1.807) is 23.5 Å². The van der Waals surface area contributed by atoms with Crippen molar-refractivity contribution < 1.29 is 4.92 Å². The minimum atomic E-state index is -0.619. The average molecular weight is 271 g/mol. The molecule has 0 aromatic heterocycles. The van der Waals surface area contributed by atoms with E-state index in [1.807, 2.05) is 44.2 Å². The molecule has 3 nitrogen and oxygen atoms in total. The topological polar surface area (TPSA) is 43.1 Å². The second-order valence-electron chi connectivity index (χ2n) is 3.42. The van der Waals surface area contributed by atoms with Gasteiger partial charge in [-0.3, -0.25) is 10.1 Å². The van der Waals surface area contributed by atoms with Crippen molar-refractivity contribution in [2.24, 2.45) is 0 Å². The van der Waals surface area contributed by atoms with Gasteiger partial charge >= 0.3 is 0 Å². The summed E-state index contributed by atoms with van der Waals surface area (Å²) in [5, 5.41) is 11.3. The van der Waals surface area contributed by atoms with Gasteiger partial charge in [-0.25, -0.2) is 0 Å². The van der Waals surface area contributed by atoms with Gasteiger partial charge in [0.15, 0.2) is 0 Å². The third kappa shape index (κ3) is 4.24. The molecule has 0 saturated heterocycles. The van der Waals surface area contributed by atoms with E-state index in [-0.39, 0.29) is 9.51 Å². The summed E-state index contributed by atoms with van der Waals surface area (Å²) in [5.74, 6) is 1.80. The minimum Gasteiger partial charge on any atom is -0.264 e. The molecule has 0 aliphatic carbocycles. The fraction of sp³-hybridized carbons (Fsp3) is 0.500. The van der Waals surface area contributed by atoms with Gasteiger partial charge in [-0.1, -0.05) is 44.2 Å². The molecule has 1 aromatic carbocycles. The number of nitrogens with zero attached hydrogens (tertiary/aromatic N) is 1. The molecule has 1 aromatic rings. The van der Waals surface area contributed by atoms with Gasteiger partial charge in [0, 0.05) is 10.5 Å². The number of hydrogen-bond donors (Lipinski definition) is 0. The van der Waals surface area contributed by atoms with Gasteiger partial charge in [0.2, 0.25) is 0 Å². The Bertz CT molecular complexity index is 340. The van der Waals surface area contributed by atoms with E-state index in [2.05, 4.69) is 0 Å². The van der Waals surface area contributed by atoms with Gasteiger partial charge in [0.05, 0.1) is 0 Å². The Morgan fingerprint density at radius 1 is 1.18 bits per heavy atom. The van der Waals surface area contributed by atoms with Crippen LogP contribution in [0.1, 0.15) is 25.5 Å². The summed E-state index contributed by atoms with van der Waals surface area (Å²) in [7, 11) is 0. The Morgan fingerprint density at radius 3 is 2.12 bits per heavy atom. The number of benzene rings is 1. The van der Waals surface area contributed by atoms with E-state index in [0.29, 0.717) is 0 Å². The van der Waals surface area contributed by atoms with Crippen LogP contribution in [0.15, 0.2) is 30.3 Å².